The number of benzene rings is 2. The van der Waals surface area contributed by atoms with Gasteiger partial charge in [-0.15, -0.1) is 0 Å². The Kier molecular flexibility index (Phi) is 5.22. The van der Waals surface area contributed by atoms with E-state index in [-0.39, 0.29) is 5.56 Å². The molecule has 2 aromatic rings. The van der Waals surface area contributed by atoms with Crippen LogP contribution in [0.5, 0.6) is 5.75 Å². The molecule has 2 aromatic carbocycles. The van der Waals surface area contributed by atoms with Crippen molar-refractivity contribution in [1.82, 2.24) is 0 Å². The molecule has 5 heteroatoms. The van der Waals surface area contributed by atoms with Crippen LogP contribution in [0.15, 0.2) is 46.9 Å². The molecular weight excluding hydrogens is 334 g/mol. The van der Waals surface area contributed by atoms with E-state index in [1.165, 1.54) is 0 Å². The van der Waals surface area contributed by atoms with E-state index in [0.29, 0.717) is 12.2 Å². The minimum atomic E-state index is -0.942. The van der Waals surface area contributed by atoms with E-state index in [1.54, 1.807) is 25.3 Å². The SMILES string of the molecule is COc1ccccc1CCNc1cc(Br)ccc1C(=O)O. The molecule has 0 bridgehead atoms. The molecule has 0 unspecified atom stereocenters. The number of anilines is 1. The summed E-state index contributed by atoms with van der Waals surface area (Å²) in [5.41, 5.74) is 1.95. The summed E-state index contributed by atoms with van der Waals surface area (Å²) in [6.07, 6.45) is 0.746. The molecule has 0 spiro atoms. The number of carboxylic acids is 1. The largest absolute Gasteiger partial charge is 0.496 e. The van der Waals surface area contributed by atoms with Crippen molar-refractivity contribution in [3.8, 4) is 5.75 Å². The number of rotatable bonds is 6. The second-order valence-electron chi connectivity index (χ2n) is 4.48. The van der Waals surface area contributed by atoms with Crippen molar-refractivity contribution in [3.63, 3.8) is 0 Å². The molecule has 0 saturated carbocycles. The van der Waals surface area contributed by atoms with E-state index in [1.807, 2.05) is 24.3 Å². The Hall–Kier alpha value is -2.01. The van der Waals surface area contributed by atoms with E-state index in [2.05, 4.69) is 21.2 Å². The van der Waals surface area contributed by atoms with Crippen LogP contribution < -0.4 is 10.1 Å². The van der Waals surface area contributed by atoms with Gasteiger partial charge in [0.05, 0.1) is 12.7 Å². The summed E-state index contributed by atoms with van der Waals surface area (Å²) in [6.45, 7) is 0.622. The number of para-hydroxylation sites is 1. The molecule has 0 aliphatic carbocycles. The topological polar surface area (TPSA) is 58.6 Å². The zero-order valence-corrected chi connectivity index (χ0v) is 13.2. The molecule has 0 fully saturated rings. The summed E-state index contributed by atoms with van der Waals surface area (Å²) in [5, 5.41) is 12.3. The van der Waals surface area contributed by atoms with E-state index in [9.17, 15) is 9.90 Å². The lowest BCUT2D eigenvalue weighted by atomic mass is 10.1. The summed E-state index contributed by atoms with van der Waals surface area (Å²) >= 11 is 3.35. The van der Waals surface area contributed by atoms with Gasteiger partial charge in [-0.05, 0) is 36.2 Å². The number of carboxylic acid groups (broad SMARTS) is 1. The third-order valence-corrected chi connectivity index (χ3v) is 3.61. The molecule has 0 aromatic heterocycles. The molecule has 2 N–H and O–H groups in total. The Balaban J connectivity index is 2.07. The molecule has 0 aliphatic rings. The minimum absolute atomic E-state index is 0.262. The summed E-state index contributed by atoms with van der Waals surface area (Å²) in [6, 6.07) is 12.9. The highest BCUT2D eigenvalue weighted by Crippen LogP contribution is 2.22. The van der Waals surface area contributed by atoms with Crippen LogP contribution in [-0.4, -0.2) is 24.7 Å². The van der Waals surface area contributed by atoms with Gasteiger partial charge in [-0.3, -0.25) is 0 Å². The van der Waals surface area contributed by atoms with Crippen LogP contribution in [0.3, 0.4) is 0 Å². The van der Waals surface area contributed by atoms with Crippen molar-refractivity contribution in [2.24, 2.45) is 0 Å². The van der Waals surface area contributed by atoms with Gasteiger partial charge >= 0.3 is 5.97 Å². The maximum Gasteiger partial charge on any atom is 0.337 e. The Morgan fingerprint density at radius 1 is 1.29 bits per heavy atom. The van der Waals surface area contributed by atoms with Crippen molar-refractivity contribution in [2.45, 2.75) is 6.42 Å². The van der Waals surface area contributed by atoms with Crippen LogP contribution in [-0.2, 0) is 6.42 Å². The first-order valence-electron chi connectivity index (χ1n) is 6.50. The van der Waals surface area contributed by atoms with Gasteiger partial charge < -0.3 is 15.2 Å². The van der Waals surface area contributed by atoms with E-state index < -0.39 is 5.97 Å². The molecule has 2 rings (SSSR count). The van der Waals surface area contributed by atoms with E-state index >= 15 is 0 Å². The van der Waals surface area contributed by atoms with Crippen molar-refractivity contribution in [3.05, 3.63) is 58.1 Å². The fraction of sp³-hybridized carbons (Fsp3) is 0.188. The highest BCUT2D eigenvalue weighted by atomic mass is 79.9. The molecule has 110 valence electrons. The van der Waals surface area contributed by atoms with Crippen molar-refractivity contribution >= 4 is 27.6 Å². The van der Waals surface area contributed by atoms with Crippen molar-refractivity contribution in [2.75, 3.05) is 19.0 Å². The van der Waals surface area contributed by atoms with Crippen LogP contribution in [0.1, 0.15) is 15.9 Å². The minimum Gasteiger partial charge on any atom is -0.496 e. The zero-order valence-electron chi connectivity index (χ0n) is 11.6. The van der Waals surface area contributed by atoms with Gasteiger partial charge in [0, 0.05) is 16.7 Å². The molecule has 0 atom stereocenters. The predicted molar refractivity (Wildman–Crippen MR) is 86.3 cm³/mol. The summed E-state index contributed by atoms with van der Waals surface area (Å²) < 4.78 is 6.14. The number of hydrogen-bond acceptors (Lipinski definition) is 3. The molecule has 0 aliphatic heterocycles. The summed E-state index contributed by atoms with van der Waals surface area (Å²) in [7, 11) is 1.64. The molecular formula is C16H16BrNO3. The Morgan fingerprint density at radius 2 is 2.05 bits per heavy atom. The lowest BCUT2D eigenvalue weighted by Gasteiger charge is -2.12. The molecule has 0 radical (unpaired) electrons. The van der Waals surface area contributed by atoms with Crippen LogP contribution >= 0.6 is 15.9 Å². The summed E-state index contributed by atoms with van der Waals surface area (Å²) in [5.74, 6) is -0.103. The maximum atomic E-state index is 11.2. The number of hydrogen-bond donors (Lipinski definition) is 2. The normalized spacial score (nSPS) is 10.2. The second-order valence-corrected chi connectivity index (χ2v) is 5.40. The van der Waals surface area contributed by atoms with Crippen molar-refractivity contribution < 1.29 is 14.6 Å². The number of aromatic carboxylic acids is 1. The van der Waals surface area contributed by atoms with Crippen LogP contribution in [0.4, 0.5) is 5.69 Å². The number of carbonyl (C=O) groups is 1. The van der Waals surface area contributed by atoms with Crippen LogP contribution in [0.2, 0.25) is 0 Å². The monoisotopic (exact) mass is 349 g/mol. The highest BCUT2D eigenvalue weighted by Gasteiger charge is 2.10. The average Bonchev–Trinajstić information content (AvgIpc) is 2.47. The molecule has 0 heterocycles. The van der Waals surface area contributed by atoms with Gasteiger partial charge in [0.1, 0.15) is 5.75 Å². The fourth-order valence-corrected chi connectivity index (χ4v) is 2.45. The third-order valence-electron chi connectivity index (χ3n) is 3.11. The first-order valence-corrected chi connectivity index (χ1v) is 7.29. The quantitative estimate of drug-likeness (QED) is 0.832. The fourth-order valence-electron chi connectivity index (χ4n) is 2.09. The lowest BCUT2D eigenvalue weighted by Crippen LogP contribution is -2.10. The van der Waals surface area contributed by atoms with Gasteiger partial charge in [-0.1, -0.05) is 34.1 Å². The van der Waals surface area contributed by atoms with Gasteiger partial charge in [-0.2, -0.15) is 0 Å². The zero-order chi connectivity index (χ0) is 15.2. The number of ether oxygens (including phenoxy) is 1. The lowest BCUT2D eigenvalue weighted by molar-refractivity contribution is 0.0698. The Bertz CT molecular complexity index is 643. The Morgan fingerprint density at radius 3 is 2.76 bits per heavy atom. The van der Waals surface area contributed by atoms with Gasteiger partial charge in [-0.25, -0.2) is 4.79 Å². The summed E-state index contributed by atoms with van der Waals surface area (Å²) in [4.78, 5) is 11.2. The molecule has 21 heavy (non-hydrogen) atoms. The predicted octanol–water partition coefficient (Wildman–Crippen LogP) is 3.81. The smallest absolute Gasteiger partial charge is 0.337 e. The van der Waals surface area contributed by atoms with Gasteiger partial charge in [0.2, 0.25) is 0 Å². The molecule has 0 saturated heterocycles. The maximum absolute atomic E-state index is 11.2. The Labute approximate surface area is 131 Å². The number of halogens is 1. The molecule has 4 nitrogen and oxygen atoms in total. The second kappa shape index (κ2) is 7.13. The van der Waals surface area contributed by atoms with Crippen LogP contribution in [0, 0.1) is 0 Å². The molecule has 0 amide bonds. The third kappa shape index (κ3) is 3.98. The van der Waals surface area contributed by atoms with E-state index in [0.717, 1.165) is 22.2 Å². The van der Waals surface area contributed by atoms with Crippen LogP contribution in [0.25, 0.3) is 0 Å². The average molecular weight is 350 g/mol. The number of methoxy groups -OCH3 is 1. The first-order chi connectivity index (χ1) is 10.1. The van der Waals surface area contributed by atoms with E-state index in [4.69, 9.17) is 4.74 Å². The number of nitrogens with one attached hydrogen (secondary N) is 1. The van der Waals surface area contributed by atoms with Crippen molar-refractivity contribution in [1.29, 1.82) is 0 Å². The standard InChI is InChI=1S/C16H16BrNO3/c1-21-15-5-3-2-4-11(15)8-9-18-14-10-12(17)6-7-13(14)16(19)20/h2-7,10,18H,8-9H2,1H3,(H,19,20). The van der Waals surface area contributed by atoms with Gasteiger partial charge in [0.15, 0.2) is 0 Å². The first kappa shape index (κ1) is 15.4. The highest BCUT2D eigenvalue weighted by molar-refractivity contribution is 9.10. The van der Waals surface area contributed by atoms with Gasteiger partial charge in [0.25, 0.3) is 0 Å².